The number of carbonyl (C=O) groups is 1. The van der Waals surface area contributed by atoms with E-state index in [0.29, 0.717) is 11.5 Å². The van der Waals surface area contributed by atoms with E-state index in [2.05, 4.69) is 19.9 Å². The molecule has 1 amide bonds. The van der Waals surface area contributed by atoms with Crippen LogP contribution < -0.4 is 9.80 Å². The quantitative estimate of drug-likeness (QED) is 0.871. The van der Waals surface area contributed by atoms with Crippen LogP contribution in [-0.2, 0) is 0 Å². The van der Waals surface area contributed by atoms with Crippen LogP contribution in [0.5, 0.6) is 0 Å². The van der Waals surface area contributed by atoms with E-state index < -0.39 is 0 Å². The summed E-state index contributed by atoms with van der Waals surface area (Å²) in [4.78, 5) is 28.9. The average molecular weight is 311 g/mol. The van der Waals surface area contributed by atoms with Crippen molar-refractivity contribution in [1.29, 1.82) is 0 Å². The lowest BCUT2D eigenvalue weighted by Gasteiger charge is -2.21. The number of aromatic nitrogens is 3. The number of pyridine rings is 1. The van der Waals surface area contributed by atoms with Crippen molar-refractivity contribution in [3.05, 3.63) is 42.4 Å². The van der Waals surface area contributed by atoms with E-state index in [9.17, 15) is 4.79 Å². The molecule has 3 heterocycles. The summed E-state index contributed by atoms with van der Waals surface area (Å²) in [6.07, 6.45) is 9.86. The van der Waals surface area contributed by atoms with Crippen molar-refractivity contribution in [1.82, 2.24) is 15.0 Å². The molecule has 1 fully saturated rings. The largest absolute Gasteiger partial charge is 0.357 e. The van der Waals surface area contributed by atoms with Crippen LogP contribution >= 0.6 is 0 Å². The summed E-state index contributed by atoms with van der Waals surface area (Å²) < 4.78 is 0. The molecule has 0 atom stereocenters. The molecular weight excluding hydrogens is 290 g/mol. The zero-order valence-electron chi connectivity index (χ0n) is 13.4. The van der Waals surface area contributed by atoms with Gasteiger partial charge in [-0.3, -0.25) is 9.69 Å². The first-order valence-electron chi connectivity index (χ1n) is 8.02. The van der Waals surface area contributed by atoms with Gasteiger partial charge in [0.15, 0.2) is 0 Å². The maximum Gasteiger partial charge on any atom is 0.261 e. The van der Waals surface area contributed by atoms with E-state index in [0.717, 1.165) is 18.9 Å². The lowest BCUT2D eigenvalue weighted by Crippen LogP contribution is -2.28. The van der Waals surface area contributed by atoms with Gasteiger partial charge in [-0.05, 0) is 31.0 Å². The highest BCUT2D eigenvalue weighted by molar-refractivity contribution is 6.04. The van der Waals surface area contributed by atoms with Crippen LogP contribution in [0.2, 0.25) is 0 Å². The Labute approximate surface area is 136 Å². The van der Waals surface area contributed by atoms with E-state index in [1.54, 1.807) is 31.7 Å². The molecule has 2 aromatic heterocycles. The van der Waals surface area contributed by atoms with Crippen LogP contribution in [-0.4, -0.2) is 41.0 Å². The molecule has 0 saturated carbocycles. The van der Waals surface area contributed by atoms with E-state index >= 15 is 0 Å². The Balaban J connectivity index is 1.72. The zero-order valence-corrected chi connectivity index (χ0v) is 13.4. The molecule has 0 aliphatic carbocycles. The molecule has 0 N–H and O–H groups in total. The van der Waals surface area contributed by atoms with Crippen LogP contribution in [0.15, 0.2) is 36.8 Å². The molecule has 1 saturated heterocycles. The second-order valence-electron chi connectivity index (χ2n) is 5.72. The number of nitrogens with zero attached hydrogens (tertiary/aromatic N) is 5. The second kappa shape index (κ2) is 7.17. The number of rotatable bonds is 3. The fraction of sp³-hybridized carbons (Fsp3) is 0.412. The Kier molecular flexibility index (Phi) is 4.80. The lowest BCUT2D eigenvalue weighted by atomic mass is 10.2. The van der Waals surface area contributed by atoms with Crippen molar-refractivity contribution in [3.63, 3.8) is 0 Å². The third-order valence-electron chi connectivity index (χ3n) is 4.08. The Hall–Kier alpha value is -2.50. The molecule has 1 aliphatic heterocycles. The molecule has 23 heavy (non-hydrogen) atoms. The monoisotopic (exact) mass is 311 g/mol. The Bertz CT molecular complexity index is 636. The van der Waals surface area contributed by atoms with Crippen molar-refractivity contribution in [2.45, 2.75) is 25.7 Å². The van der Waals surface area contributed by atoms with E-state index in [1.807, 2.05) is 12.1 Å². The number of anilines is 2. The summed E-state index contributed by atoms with van der Waals surface area (Å²) in [6.45, 7) is 2.08. The summed E-state index contributed by atoms with van der Waals surface area (Å²) in [5.41, 5.74) is 0.540. The van der Waals surface area contributed by atoms with E-state index in [-0.39, 0.29) is 5.91 Å². The minimum Gasteiger partial charge on any atom is -0.357 e. The lowest BCUT2D eigenvalue weighted by molar-refractivity contribution is 0.0991. The van der Waals surface area contributed by atoms with Crippen molar-refractivity contribution in [3.8, 4) is 0 Å². The Morgan fingerprint density at radius 1 is 1.04 bits per heavy atom. The minimum atomic E-state index is -0.161. The topological polar surface area (TPSA) is 62.2 Å². The predicted molar refractivity (Wildman–Crippen MR) is 89.7 cm³/mol. The SMILES string of the molecule is CN(C(=O)c1ccc(N2CCCCCC2)nc1)c1ncccn1. The molecular formula is C17H21N5O. The second-order valence-corrected chi connectivity index (χ2v) is 5.72. The maximum absolute atomic E-state index is 12.5. The number of hydrogen-bond donors (Lipinski definition) is 0. The molecule has 0 unspecified atom stereocenters. The highest BCUT2D eigenvalue weighted by Gasteiger charge is 2.17. The van der Waals surface area contributed by atoms with Gasteiger partial charge in [0.2, 0.25) is 5.95 Å². The summed E-state index contributed by atoms with van der Waals surface area (Å²) in [5, 5.41) is 0. The summed E-state index contributed by atoms with van der Waals surface area (Å²) in [7, 11) is 1.67. The number of carbonyl (C=O) groups excluding carboxylic acids is 1. The third-order valence-corrected chi connectivity index (χ3v) is 4.08. The molecule has 0 radical (unpaired) electrons. The first kappa shape index (κ1) is 15.4. The smallest absolute Gasteiger partial charge is 0.261 e. The standard InChI is InChI=1S/C17H21N5O/c1-21(17-18-9-6-10-19-17)16(23)14-7-8-15(20-13-14)22-11-4-2-3-5-12-22/h6-10,13H,2-5,11-12H2,1H3. The third kappa shape index (κ3) is 3.64. The minimum absolute atomic E-state index is 0.161. The fourth-order valence-corrected chi connectivity index (χ4v) is 2.75. The zero-order chi connectivity index (χ0) is 16.1. The van der Waals surface area contributed by atoms with Crippen molar-refractivity contribution in [2.75, 3.05) is 29.9 Å². The van der Waals surface area contributed by atoms with Gasteiger partial charge in [-0.15, -0.1) is 0 Å². The fourth-order valence-electron chi connectivity index (χ4n) is 2.75. The normalized spacial score (nSPS) is 15.1. The van der Waals surface area contributed by atoms with Gasteiger partial charge in [-0.1, -0.05) is 12.8 Å². The Morgan fingerprint density at radius 3 is 2.35 bits per heavy atom. The predicted octanol–water partition coefficient (Wildman–Crippen LogP) is 2.53. The molecule has 120 valence electrons. The van der Waals surface area contributed by atoms with Gasteiger partial charge in [0, 0.05) is 38.7 Å². The number of hydrogen-bond acceptors (Lipinski definition) is 5. The molecule has 0 bridgehead atoms. The first-order valence-corrected chi connectivity index (χ1v) is 8.02. The van der Waals surface area contributed by atoms with Crippen molar-refractivity contribution in [2.24, 2.45) is 0 Å². The molecule has 6 nitrogen and oxygen atoms in total. The van der Waals surface area contributed by atoms with Crippen LogP contribution in [0.3, 0.4) is 0 Å². The van der Waals surface area contributed by atoms with Gasteiger partial charge in [0.1, 0.15) is 5.82 Å². The van der Waals surface area contributed by atoms with Gasteiger partial charge < -0.3 is 4.90 Å². The maximum atomic E-state index is 12.5. The Morgan fingerprint density at radius 2 is 1.74 bits per heavy atom. The molecule has 2 aromatic rings. The summed E-state index contributed by atoms with van der Waals surface area (Å²) in [6, 6.07) is 5.48. The van der Waals surface area contributed by atoms with Gasteiger partial charge in [0.25, 0.3) is 5.91 Å². The van der Waals surface area contributed by atoms with E-state index in [4.69, 9.17) is 0 Å². The first-order chi connectivity index (χ1) is 11.3. The van der Waals surface area contributed by atoms with Crippen LogP contribution in [0.4, 0.5) is 11.8 Å². The molecule has 3 rings (SSSR count). The molecule has 1 aliphatic rings. The molecule has 0 aromatic carbocycles. The molecule has 6 heteroatoms. The summed E-state index contributed by atoms with van der Waals surface area (Å²) in [5.74, 6) is 1.17. The van der Waals surface area contributed by atoms with Gasteiger partial charge >= 0.3 is 0 Å². The highest BCUT2D eigenvalue weighted by Crippen LogP contribution is 2.18. The van der Waals surface area contributed by atoms with Crippen LogP contribution in [0.1, 0.15) is 36.0 Å². The van der Waals surface area contributed by atoms with E-state index in [1.165, 1.54) is 30.6 Å². The molecule has 0 spiro atoms. The van der Waals surface area contributed by atoms with Gasteiger partial charge in [0.05, 0.1) is 5.56 Å². The van der Waals surface area contributed by atoms with Crippen LogP contribution in [0.25, 0.3) is 0 Å². The number of amides is 1. The summed E-state index contributed by atoms with van der Waals surface area (Å²) >= 11 is 0. The average Bonchev–Trinajstić information content (AvgIpc) is 2.91. The van der Waals surface area contributed by atoms with Crippen molar-refractivity contribution < 1.29 is 4.79 Å². The van der Waals surface area contributed by atoms with Crippen molar-refractivity contribution >= 4 is 17.7 Å². The van der Waals surface area contributed by atoms with Crippen LogP contribution in [0, 0.1) is 0 Å². The highest BCUT2D eigenvalue weighted by atomic mass is 16.2. The van der Waals surface area contributed by atoms with Gasteiger partial charge in [-0.2, -0.15) is 0 Å². The van der Waals surface area contributed by atoms with Gasteiger partial charge in [-0.25, -0.2) is 15.0 Å².